The molecule has 0 aliphatic rings. The molecule has 0 aliphatic heterocycles. The second kappa shape index (κ2) is 8.75. The van der Waals surface area contributed by atoms with Crippen LogP contribution in [0, 0.1) is 0 Å². The van der Waals surface area contributed by atoms with Gasteiger partial charge in [0.1, 0.15) is 11.4 Å². The molecule has 0 atom stereocenters. The molecular weight excluding hydrogens is 446 g/mol. The van der Waals surface area contributed by atoms with E-state index in [-0.39, 0.29) is 32.8 Å². The quantitative estimate of drug-likeness (QED) is 0.536. The number of pyridine rings is 2. The van der Waals surface area contributed by atoms with Gasteiger partial charge in [-0.15, -0.1) is 0 Å². The molecule has 0 saturated carbocycles. The summed E-state index contributed by atoms with van der Waals surface area (Å²) in [6.07, 6.45) is 2.80. The van der Waals surface area contributed by atoms with Crippen molar-refractivity contribution < 1.29 is 9.59 Å². The molecule has 3 aromatic rings. The van der Waals surface area contributed by atoms with Gasteiger partial charge in [-0.3, -0.25) is 19.6 Å². The zero-order valence-electron chi connectivity index (χ0n) is 13.8. The van der Waals surface area contributed by atoms with Gasteiger partial charge >= 0.3 is 0 Å². The van der Waals surface area contributed by atoms with Crippen molar-refractivity contribution in [3.63, 3.8) is 0 Å². The maximum Gasteiger partial charge on any atom is 0.274 e. The molecule has 0 spiro atoms. The van der Waals surface area contributed by atoms with E-state index in [1.54, 1.807) is 12.1 Å². The third kappa shape index (κ3) is 4.91. The zero-order valence-corrected chi connectivity index (χ0v) is 16.9. The molecule has 0 aliphatic carbocycles. The molecule has 10 heteroatoms. The van der Waals surface area contributed by atoms with Crippen LogP contribution in [0.5, 0.6) is 0 Å². The van der Waals surface area contributed by atoms with E-state index in [1.807, 2.05) is 0 Å². The Morgan fingerprint density at radius 1 is 0.679 bits per heavy atom. The van der Waals surface area contributed by atoms with Gasteiger partial charge in [0, 0.05) is 22.4 Å². The SMILES string of the molecule is O=C(Nc1cc(Cl)c(Cl)cc1NC(=O)c1cc(Cl)ccn1)c1cc(Cl)ccn1. The molecule has 2 aromatic heterocycles. The van der Waals surface area contributed by atoms with E-state index in [0.717, 1.165) is 0 Å². The van der Waals surface area contributed by atoms with Crippen molar-refractivity contribution >= 4 is 69.6 Å². The van der Waals surface area contributed by atoms with Gasteiger partial charge in [0.05, 0.1) is 21.4 Å². The average molecular weight is 456 g/mol. The summed E-state index contributed by atoms with van der Waals surface area (Å²) >= 11 is 23.9. The maximum atomic E-state index is 12.5. The monoisotopic (exact) mass is 454 g/mol. The van der Waals surface area contributed by atoms with Gasteiger partial charge in [0.25, 0.3) is 11.8 Å². The lowest BCUT2D eigenvalue weighted by atomic mass is 10.2. The number of nitrogens with zero attached hydrogens (tertiary/aromatic N) is 2. The number of carbonyl (C=O) groups is 2. The van der Waals surface area contributed by atoms with E-state index in [2.05, 4.69) is 20.6 Å². The van der Waals surface area contributed by atoms with Gasteiger partial charge in [-0.25, -0.2) is 0 Å². The van der Waals surface area contributed by atoms with Crippen LogP contribution >= 0.6 is 46.4 Å². The second-order valence-electron chi connectivity index (χ2n) is 5.44. The molecule has 2 amide bonds. The molecule has 6 nitrogen and oxygen atoms in total. The first-order valence-electron chi connectivity index (χ1n) is 7.68. The zero-order chi connectivity index (χ0) is 20.3. The summed E-state index contributed by atoms with van der Waals surface area (Å²) in [5, 5.41) is 6.34. The molecule has 0 fully saturated rings. The molecule has 0 bridgehead atoms. The Morgan fingerprint density at radius 3 is 1.43 bits per heavy atom. The van der Waals surface area contributed by atoms with Crippen LogP contribution < -0.4 is 10.6 Å². The lowest BCUT2D eigenvalue weighted by Gasteiger charge is -2.14. The van der Waals surface area contributed by atoms with Crippen molar-refractivity contribution in [2.24, 2.45) is 0 Å². The third-order valence-corrected chi connectivity index (χ3v) is 4.66. The smallest absolute Gasteiger partial charge is 0.274 e. The minimum absolute atomic E-state index is 0.0901. The van der Waals surface area contributed by atoms with E-state index in [9.17, 15) is 9.59 Å². The number of nitrogens with one attached hydrogen (secondary N) is 2. The van der Waals surface area contributed by atoms with Crippen LogP contribution in [0.4, 0.5) is 11.4 Å². The van der Waals surface area contributed by atoms with Gasteiger partial charge < -0.3 is 10.6 Å². The van der Waals surface area contributed by atoms with E-state index in [1.165, 1.54) is 36.7 Å². The van der Waals surface area contributed by atoms with E-state index in [4.69, 9.17) is 46.4 Å². The number of carbonyl (C=O) groups excluding carboxylic acids is 2. The third-order valence-electron chi connectivity index (χ3n) is 3.47. The lowest BCUT2D eigenvalue weighted by Crippen LogP contribution is -2.18. The predicted octanol–water partition coefficient (Wildman–Crippen LogP) is 5.59. The summed E-state index contributed by atoms with van der Waals surface area (Å²) in [4.78, 5) is 32.8. The van der Waals surface area contributed by atoms with Crippen LogP contribution in [0.3, 0.4) is 0 Å². The first kappa shape index (κ1) is 20.4. The minimum atomic E-state index is -0.544. The Balaban J connectivity index is 1.90. The largest absolute Gasteiger partial charge is 0.319 e. The highest BCUT2D eigenvalue weighted by atomic mass is 35.5. The second-order valence-corrected chi connectivity index (χ2v) is 7.13. The Bertz CT molecular complexity index is 991. The molecular formula is C18H10Cl4N4O2. The fraction of sp³-hybridized carbons (Fsp3) is 0. The van der Waals surface area contributed by atoms with Gasteiger partial charge in [0.15, 0.2) is 0 Å². The standard InChI is InChI=1S/C18H10Cl4N4O2/c19-9-1-3-23-15(5-9)17(27)25-13-7-11(21)12(22)8-14(13)26-18(28)16-6-10(20)2-4-24-16/h1-8H,(H,25,27)(H,26,28). The molecule has 0 saturated heterocycles. The van der Waals surface area contributed by atoms with Crippen LogP contribution in [0.25, 0.3) is 0 Å². The molecule has 2 heterocycles. The summed E-state index contributed by atoms with van der Waals surface area (Å²) < 4.78 is 0. The van der Waals surface area contributed by atoms with Crippen molar-refractivity contribution in [3.05, 3.63) is 80.3 Å². The predicted molar refractivity (Wildman–Crippen MR) is 111 cm³/mol. The maximum absolute atomic E-state index is 12.5. The average Bonchev–Trinajstić information content (AvgIpc) is 2.65. The Kier molecular flexibility index (Phi) is 6.36. The molecule has 0 radical (unpaired) electrons. The van der Waals surface area contributed by atoms with Crippen LogP contribution in [0.2, 0.25) is 20.1 Å². The topological polar surface area (TPSA) is 84.0 Å². The highest BCUT2D eigenvalue weighted by molar-refractivity contribution is 6.42. The van der Waals surface area contributed by atoms with Crippen LogP contribution in [0.1, 0.15) is 21.0 Å². The molecule has 0 unspecified atom stereocenters. The van der Waals surface area contributed by atoms with Gasteiger partial charge in [0.2, 0.25) is 0 Å². The van der Waals surface area contributed by atoms with Crippen molar-refractivity contribution in [2.45, 2.75) is 0 Å². The molecule has 1 aromatic carbocycles. The molecule has 142 valence electrons. The number of rotatable bonds is 4. The fourth-order valence-corrected chi connectivity index (χ4v) is 2.83. The number of anilines is 2. The summed E-state index contributed by atoms with van der Waals surface area (Å²) in [5.41, 5.74) is 0.618. The number of hydrogen-bond acceptors (Lipinski definition) is 4. The van der Waals surface area contributed by atoms with Crippen molar-refractivity contribution in [3.8, 4) is 0 Å². The highest BCUT2D eigenvalue weighted by Crippen LogP contribution is 2.33. The number of hydrogen-bond donors (Lipinski definition) is 2. The fourth-order valence-electron chi connectivity index (χ4n) is 2.18. The van der Waals surface area contributed by atoms with Gasteiger partial charge in [-0.1, -0.05) is 46.4 Å². The van der Waals surface area contributed by atoms with E-state index in [0.29, 0.717) is 10.0 Å². The van der Waals surface area contributed by atoms with Crippen LogP contribution in [-0.4, -0.2) is 21.8 Å². The minimum Gasteiger partial charge on any atom is -0.319 e. The van der Waals surface area contributed by atoms with Crippen molar-refractivity contribution in [2.75, 3.05) is 10.6 Å². The van der Waals surface area contributed by atoms with E-state index < -0.39 is 11.8 Å². The first-order valence-corrected chi connectivity index (χ1v) is 9.19. The number of aromatic nitrogens is 2. The Labute approximate surface area is 179 Å². The van der Waals surface area contributed by atoms with Gasteiger partial charge in [-0.2, -0.15) is 0 Å². The van der Waals surface area contributed by atoms with E-state index >= 15 is 0 Å². The van der Waals surface area contributed by atoms with Crippen molar-refractivity contribution in [1.29, 1.82) is 0 Å². The molecule has 2 N–H and O–H groups in total. The van der Waals surface area contributed by atoms with Crippen molar-refractivity contribution in [1.82, 2.24) is 9.97 Å². The molecule has 3 rings (SSSR count). The number of halogens is 4. The summed E-state index contributed by atoms with van der Waals surface area (Å²) in [6, 6.07) is 8.72. The lowest BCUT2D eigenvalue weighted by molar-refractivity contribution is 0.101. The van der Waals surface area contributed by atoms with Crippen LogP contribution in [-0.2, 0) is 0 Å². The molecule has 28 heavy (non-hydrogen) atoms. The Hall–Kier alpha value is -2.38. The summed E-state index contributed by atoms with van der Waals surface area (Å²) in [7, 11) is 0. The first-order chi connectivity index (χ1) is 13.3. The normalized spacial score (nSPS) is 10.4. The van der Waals surface area contributed by atoms with Crippen LogP contribution in [0.15, 0.2) is 48.8 Å². The summed E-state index contributed by atoms with van der Waals surface area (Å²) in [6.45, 7) is 0. The summed E-state index contributed by atoms with van der Waals surface area (Å²) in [5.74, 6) is -1.09. The number of amides is 2. The number of benzene rings is 1. The Morgan fingerprint density at radius 2 is 1.07 bits per heavy atom. The highest BCUT2D eigenvalue weighted by Gasteiger charge is 2.16. The van der Waals surface area contributed by atoms with Gasteiger partial charge in [-0.05, 0) is 36.4 Å².